The fourth-order valence-electron chi connectivity index (χ4n) is 4.11. The van der Waals surface area contributed by atoms with Gasteiger partial charge in [0.15, 0.2) is 5.69 Å². The van der Waals surface area contributed by atoms with E-state index in [9.17, 15) is 14.0 Å². The second-order valence-corrected chi connectivity index (χ2v) is 8.41. The maximum Gasteiger partial charge on any atom is 0.276 e. The first kappa shape index (κ1) is 20.4. The number of benzene rings is 2. The van der Waals surface area contributed by atoms with Crippen LogP contribution >= 0.6 is 0 Å². The summed E-state index contributed by atoms with van der Waals surface area (Å²) < 4.78 is 15.8. The van der Waals surface area contributed by atoms with Crippen molar-refractivity contribution in [2.75, 3.05) is 26.2 Å². The van der Waals surface area contributed by atoms with Gasteiger partial charge in [-0.1, -0.05) is 35.0 Å². The first-order valence-electron chi connectivity index (χ1n) is 10.9. The summed E-state index contributed by atoms with van der Waals surface area (Å²) in [7, 11) is 0. The minimum Gasteiger partial charge on any atom is -0.335 e. The van der Waals surface area contributed by atoms with Crippen LogP contribution in [0.1, 0.15) is 50.9 Å². The van der Waals surface area contributed by atoms with Crippen molar-refractivity contribution in [1.82, 2.24) is 24.8 Å². The lowest BCUT2D eigenvalue weighted by atomic mass is 10.1. The number of aromatic nitrogens is 3. The highest BCUT2D eigenvalue weighted by molar-refractivity contribution is 5.96. The van der Waals surface area contributed by atoms with E-state index in [1.54, 1.807) is 26.6 Å². The van der Waals surface area contributed by atoms with Gasteiger partial charge in [-0.3, -0.25) is 9.59 Å². The normalized spacial score (nSPS) is 16.3. The van der Waals surface area contributed by atoms with Crippen molar-refractivity contribution in [2.45, 2.75) is 25.7 Å². The summed E-state index contributed by atoms with van der Waals surface area (Å²) in [5.41, 5.74) is 3.36. The number of piperazine rings is 1. The number of hydrogen-bond donors (Lipinski definition) is 0. The topological polar surface area (TPSA) is 71.3 Å². The van der Waals surface area contributed by atoms with Crippen molar-refractivity contribution in [3.63, 3.8) is 0 Å². The summed E-state index contributed by atoms with van der Waals surface area (Å²) in [5.74, 6) is -0.755. The molecule has 2 aromatic carbocycles. The summed E-state index contributed by atoms with van der Waals surface area (Å²) in [6, 6.07) is 14.0. The second-order valence-electron chi connectivity index (χ2n) is 8.41. The molecule has 0 atom stereocenters. The lowest BCUT2D eigenvalue weighted by Crippen LogP contribution is -2.51. The number of carbonyl (C=O) groups is 2. The summed E-state index contributed by atoms with van der Waals surface area (Å²) in [4.78, 5) is 29.3. The Hall–Kier alpha value is -3.55. The third-order valence-corrected chi connectivity index (χ3v) is 6.11. The molecular formula is C24H24FN5O2. The van der Waals surface area contributed by atoms with Gasteiger partial charge in [-0.05, 0) is 44.0 Å². The predicted octanol–water partition coefficient (Wildman–Crippen LogP) is 3.19. The Balaban J connectivity index is 1.32. The molecule has 2 amide bonds. The van der Waals surface area contributed by atoms with Gasteiger partial charge in [0.05, 0.1) is 16.9 Å². The van der Waals surface area contributed by atoms with Gasteiger partial charge in [0.25, 0.3) is 11.8 Å². The smallest absolute Gasteiger partial charge is 0.276 e. The Morgan fingerprint density at radius 3 is 2.16 bits per heavy atom. The lowest BCUT2D eigenvalue weighted by Gasteiger charge is -2.34. The van der Waals surface area contributed by atoms with Crippen LogP contribution in [0.3, 0.4) is 0 Å². The highest BCUT2D eigenvalue weighted by Crippen LogP contribution is 2.42. The Morgan fingerprint density at radius 1 is 0.906 bits per heavy atom. The van der Waals surface area contributed by atoms with Crippen molar-refractivity contribution >= 4 is 11.8 Å². The number of halogens is 1. The van der Waals surface area contributed by atoms with Crippen LogP contribution in [0.15, 0.2) is 48.5 Å². The number of nitrogens with zero attached hydrogens (tertiary/aromatic N) is 5. The molecule has 0 spiro atoms. The molecule has 2 heterocycles. The number of amides is 2. The summed E-state index contributed by atoms with van der Waals surface area (Å²) in [6.07, 6.45) is 2.04. The van der Waals surface area contributed by atoms with E-state index in [0.29, 0.717) is 31.9 Å². The quantitative estimate of drug-likeness (QED) is 0.634. The average molecular weight is 433 g/mol. The van der Waals surface area contributed by atoms with Crippen LogP contribution in [-0.2, 0) is 0 Å². The fraction of sp³-hybridized carbons (Fsp3) is 0.333. The molecule has 1 saturated heterocycles. The maximum absolute atomic E-state index is 14.0. The number of aryl methyl sites for hydroxylation is 1. The van der Waals surface area contributed by atoms with Gasteiger partial charge in [0.1, 0.15) is 5.82 Å². The Kier molecular flexibility index (Phi) is 5.20. The molecule has 1 aliphatic heterocycles. The number of carbonyl (C=O) groups excluding carboxylic acids is 2. The van der Waals surface area contributed by atoms with Crippen LogP contribution in [0.5, 0.6) is 0 Å². The SMILES string of the molecule is Cc1ccc(-n2nnc(C(=O)N3CCN(C(=O)c4ccccc4F)CC3)c2C2CC2)cc1. The highest BCUT2D eigenvalue weighted by Gasteiger charge is 2.36. The summed E-state index contributed by atoms with van der Waals surface area (Å²) >= 11 is 0. The molecule has 0 radical (unpaired) electrons. The van der Waals surface area contributed by atoms with Gasteiger partial charge in [0, 0.05) is 32.1 Å². The maximum atomic E-state index is 14.0. The van der Waals surface area contributed by atoms with Crippen LogP contribution in [-0.4, -0.2) is 62.8 Å². The molecule has 8 heteroatoms. The molecule has 5 rings (SSSR count). The minimum atomic E-state index is -0.530. The highest BCUT2D eigenvalue weighted by atomic mass is 19.1. The van der Waals surface area contributed by atoms with Crippen molar-refractivity contribution in [2.24, 2.45) is 0 Å². The molecule has 2 aliphatic rings. The van der Waals surface area contributed by atoms with E-state index in [1.807, 2.05) is 31.2 Å². The van der Waals surface area contributed by atoms with E-state index < -0.39 is 5.82 Å². The average Bonchev–Trinajstić information content (AvgIpc) is 3.57. The summed E-state index contributed by atoms with van der Waals surface area (Å²) in [6.45, 7) is 3.48. The molecule has 164 valence electrons. The Bertz CT molecular complexity index is 1160. The van der Waals surface area contributed by atoms with E-state index in [2.05, 4.69) is 10.3 Å². The van der Waals surface area contributed by atoms with E-state index in [4.69, 9.17) is 0 Å². The van der Waals surface area contributed by atoms with Crippen LogP contribution in [0.2, 0.25) is 0 Å². The fourth-order valence-corrected chi connectivity index (χ4v) is 4.11. The Labute approximate surface area is 185 Å². The first-order chi connectivity index (χ1) is 15.5. The van der Waals surface area contributed by atoms with Gasteiger partial charge >= 0.3 is 0 Å². The van der Waals surface area contributed by atoms with Crippen LogP contribution < -0.4 is 0 Å². The van der Waals surface area contributed by atoms with Gasteiger partial charge in [-0.2, -0.15) is 0 Å². The van der Waals surface area contributed by atoms with E-state index >= 15 is 0 Å². The number of hydrogen-bond acceptors (Lipinski definition) is 4. The zero-order chi connectivity index (χ0) is 22.2. The zero-order valence-electron chi connectivity index (χ0n) is 17.9. The molecule has 32 heavy (non-hydrogen) atoms. The molecule has 1 saturated carbocycles. The van der Waals surface area contributed by atoms with Gasteiger partial charge in [0.2, 0.25) is 0 Å². The van der Waals surface area contributed by atoms with E-state index in [0.717, 1.165) is 29.8 Å². The molecule has 0 bridgehead atoms. The number of rotatable bonds is 4. The molecule has 0 N–H and O–H groups in total. The largest absolute Gasteiger partial charge is 0.335 e. The van der Waals surface area contributed by atoms with Crippen molar-refractivity contribution in [1.29, 1.82) is 0 Å². The van der Waals surface area contributed by atoms with Crippen LogP contribution in [0, 0.1) is 12.7 Å². The molecule has 0 unspecified atom stereocenters. The van der Waals surface area contributed by atoms with E-state index in [1.165, 1.54) is 12.1 Å². The van der Waals surface area contributed by atoms with Gasteiger partial charge in [-0.25, -0.2) is 9.07 Å². The molecular weight excluding hydrogens is 409 g/mol. The van der Waals surface area contributed by atoms with Crippen molar-refractivity contribution < 1.29 is 14.0 Å². The second kappa shape index (κ2) is 8.18. The first-order valence-corrected chi connectivity index (χ1v) is 10.9. The lowest BCUT2D eigenvalue weighted by molar-refractivity contribution is 0.0529. The van der Waals surface area contributed by atoms with Crippen molar-refractivity contribution in [3.05, 3.63) is 76.9 Å². The zero-order valence-corrected chi connectivity index (χ0v) is 17.9. The third kappa shape index (κ3) is 3.77. The predicted molar refractivity (Wildman–Crippen MR) is 116 cm³/mol. The van der Waals surface area contributed by atoms with Gasteiger partial charge < -0.3 is 9.80 Å². The molecule has 1 aliphatic carbocycles. The molecule has 1 aromatic heterocycles. The monoisotopic (exact) mass is 433 g/mol. The molecule has 7 nitrogen and oxygen atoms in total. The van der Waals surface area contributed by atoms with E-state index in [-0.39, 0.29) is 23.3 Å². The molecule has 3 aromatic rings. The third-order valence-electron chi connectivity index (χ3n) is 6.11. The molecule has 2 fully saturated rings. The van der Waals surface area contributed by atoms with Crippen LogP contribution in [0.25, 0.3) is 5.69 Å². The minimum absolute atomic E-state index is 0.0596. The Morgan fingerprint density at radius 2 is 1.53 bits per heavy atom. The van der Waals surface area contributed by atoms with Gasteiger partial charge in [-0.15, -0.1) is 5.10 Å². The standard InChI is InChI=1S/C24H24FN5O2/c1-16-6-10-18(11-7-16)30-22(17-8-9-17)21(26-27-30)24(32)29-14-12-28(13-15-29)23(31)19-4-2-3-5-20(19)25/h2-7,10-11,17H,8-9,12-15H2,1H3. The summed E-state index contributed by atoms with van der Waals surface area (Å²) in [5, 5.41) is 8.56. The van der Waals surface area contributed by atoms with Crippen LogP contribution in [0.4, 0.5) is 4.39 Å². The van der Waals surface area contributed by atoms with Crippen molar-refractivity contribution in [3.8, 4) is 5.69 Å².